The minimum Gasteiger partial charge on any atom is -0.474 e. The molecule has 3 nitrogen and oxygen atoms in total. The number of hydrogen-bond donors (Lipinski definition) is 1. The highest BCUT2D eigenvalue weighted by molar-refractivity contribution is 5.24. The van der Waals surface area contributed by atoms with Crippen molar-refractivity contribution < 1.29 is 4.74 Å². The van der Waals surface area contributed by atoms with Gasteiger partial charge in [0.05, 0.1) is 0 Å². The van der Waals surface area contributed by atoms with E-state index in [2.05, 4.69) is 25.8 Å². The molecule has 1 heterocycles. The van der Waals surface area contributed by atoms with Gasteiger partial charge in [0.2, 0.25) is 5.88 Å². The van der Waals surface area contributed by atoms with Crippen molar-refractivity contribution in [2.75, 3.05) is 0 Å². The van der Waals surface area contributed by atoms with Crippen LogP contribution in [0, 0.1) is 18.3 Å². The average Bonchev–Trinajstić information content (AvgIpc) is 2.26. The van der Waals surface area contributed by atoms with Crippen molar-refractivity contribution in [1.82, 2.24) is 4.98 Å². The highest BCUT2D eigenvalue weighted by Gasteiger charge is 2.33. The molecule has 0 spiro atoms. The Labute approximate surface area is 116 Å². The number of rotatable bonds is 3. The molecule has 0 aromatic carbocycles. The van der Waals surface area contributed by atoms with Crippen molar-refractivity contribution in [3.63, 3.8) is 0 Å². The first-order chi connectivity index (χ1) is 8.89. The molecule has 2 N–H and O–H groups in total. The smallest absolute Gasteiger partial charge is 0.213 e. The fourth-order valence-corrected chi connectivity index (χ4v) is 3.37. The fraction of sp³-hybridized carbons (Fsp3) is 0.688. The van der Waals surface area contributed by atoms with Crippen molar-refractivity contribution >= 4 is 0 Å². The molecule has 0 aliphatic heterocycles. The molecular formula is C16H26N2O. The number of nitrogens with zero attached hydrogens (tertiary/aromatic N) is 1. The molecule has 106 valence electrons. The zero-order valence-electron chi connectivity index (χ0n) is 12.6. The summed E-state index contributed by atoms with van der Waals surface area (Å²) in [6.45, 7) is 9.49. The first-order valence-corrected chi connectivity index (χ1v) is 7.23. The van der Waals surface area contributed by atoms with Crippen LogP contribution in [0.5, 0.6) is 5.88 Å². The Balaban J connectivity index is 2.06. The van der Waals surface area contributed by atoms with E-state index in [-0.39, 0.29) is 6.10 Å². The van der Waals surface area contributed by atoms with E-state index in [1.54, 1.807) is 0 Å². The predicted octanol–water partition coefficient (Wildman–Crippen LogP) is 3.44. The van der Waals surface area contributed by atoms with Crippen LogP contribution in [0.15, 0.2) is 12.1 Å². The molecule has 1 fully saturated rings. The Hall–Kier alpha value is -1.09. The minimum absolute atomic E-state index is 0.286. The maximum atomic E-state index is 6.09. The number of aryl methyl sites for hydroxylation is 1. The van der Waals surface area contributed by atoms with Crippen molar-refractivity contribution in [2.45, 2.75) is 59.6 Å². The molecule has 1 aromatic rings. The summed E-state index contributed by atoms with van der Waals surface area (Å²) in [5.74, 6) is 1.46. The van der Waals surface area contributed by atoms with E-state index in [0.29, 0.717) is 12.0 Å². The largest absolute Gasteiger partial charge is 0.474 e. The molecule has 19 heavy (non-hydrogen) atoms. The third-order valence-electron chi connectivity index (χ3n) is 4.02. The Morgan fingerprint density at radius 2 is 2.11 bits per heavy atom. The van der Waals surface area contributed by atoms with Crippen LogP contribution in [-0.4, -0.2) is 11.1 Å². The zero-order valence-corrected chi connectivity index (χ0v) is 12.6. The van der Waals surface area contributed by atoms with Crippen molar-refractivity contribution in [2.24, 2.45) is 17.1 Å². The lowest BCUT2D eigenvalue weighted by molar-refractivity contribution is 0.0531. The van der Waals surface area contributed by atoms with Gasteiger partial charge in [0.1, 0.15) is 6.10 Å². The van der Waals surface area contributed by atoms with Gasteiger partial charge in [0.15, 0.2) is 0 Å². The first-order valence-electron chi connectivity index (χ1n) is 7.23. The quantitative estimate of drug-likeness (QED) is 0.907. The molecule has 2 rings (SSSR count). The van der Waals surface area contributed by atoms with Gasteiger partial charge in [-0.3, -0.25) is 0 Å². The van der Waals surface area contributed by atoms with Gasteiger partial charge in [-0.25, -0.2) is 4.98 Å². The van der Waals surface area contributed by atoms with Crippen LogP contribution in [0.3, 0.4) is 0 Å². The van der Waals surface area contributed by atoms with Gasteiger partial charge >= 0.3 is 0 Å². The van der Waals surface area contributed by atoms with Crippen LogP contribution in [0.2, 0.25) is 0 Å². The third-order valence-corrected chi connectivity index (χ3v) is 4.02. The van der Waals surface area contributed by atoms with Crippen LogP contribution < -0.4 is 10.5 Å². The van der Waals surface area contributed by atoms with Gasteiger partial charge in [-0.1, -0.05) is 26.8 Å². The lowest BCUT2D eigenvalue weighted by Gasteiger charge is -2.38. The lowest BCUT2D eigenvalue weighted by atomic mass is 9.71. The van der Waals surface area contributed by atoms with E-state index in [1.165, 1.54) is 6.42 Å². The van der Waals surface area contributed by atoms with Gasteiger partial charge in [-0.05, 0) is 43.1 Å². The maximum Gasteiger partial charge on any atom is 0.213 e. The van der Waals surface area contributed by atoms with E-state index in [1.807, 2.05) is 19.1 Å². The summed E-state index contributed by atoms with van der Waals surface area (Å²) in [5, 5.41) is 0. The molecule has 3 heteroatoms. The molecular weight excluding hydrogens is 236 g/mol. The Kier molecular flexibility index (Phi) is 4.14. The molecule has 1 aromatic heterocycles. The summed E-state index contributed by atoms with van der Waals surface area (Å²) >= 11 is 0. The topological polar surface area (TPSA) is 48.1 Å². The van der Waals surface area contributed by atoms with E-state index in [4.69, 9.17) is 10.5 Å². The number of nitrogens with two attached hydrogens (primary N) is 1. The third kappa shape index (κ3) is 3.69. The Bertz CT molecular complexity index is 442. The van der Waals surface area contributed by atoms with E-state index >= 15 is 0 Å². The number of aromatic nitrogens is 1. The van der Waals surface area contributed by atoms with E-state index in [0.717, 1.165) is 35.9 Å². The average molecular weight is 262 g/mol. The van der Waals surface area contributed by atoms with Gasteiger partial charge in [-0.2, -0.15) is 0 Å². The van der Waals surface area contributed by atoms with Gasteiger partial charge in [0.25, 0.3) is 0 Å². The number of hydrogen-bond acceptors (Lipinski definition) is 3. The summed E-state index contributed by atoms with van der Waals surface area (Å²) < 4.78 is 6.09. The summed E-state index contributed by atoms with van der Waals surface area (Å²) in [6, 6.07) is 3.97. The van der Waals surface area contributed by atoms with E-state index < -0.39 is 0 Å². The zero-order chi connectivity index (χ0) is 14.0. The molecule has 1 aliphatic rings. The standard InChI is InChI=1S/C16H26N2O/c1-11-7-14(9-16(3,4)8-11)19-15-6-5-13(10-17)12(2)18-15/h5-6,11,14H,7-10,17H2,1-4H3. The number of ether oxygens (including phenoxy) is 1. The lowest BCUT2D eigenvalue weighted by Crippen LogP contribution is -2.34. The summed E-state index contributed by atoms with van der Waals surface area (Å²) in [4.78, 5) is 4.51. The van der Waals surface area contributed by atoms with Crippen LogP contribution in [0.1, 0.15) is 51.3 Å². The predicted molar refractivity (Wildman–Crippen MR) is 78.1 cm³/mol. The van der Waals surface area contributed by atoms with E-state index in [9.17, 15) is 0 Å². The van der Waals surface area contributed by atoms with Crippen LogP contribution in [0.25, 0.3) is 0 Å². The monoisotopic (exact) mass is 262 g/mol. The van der Waals surface area contributed by atoms with Gasteiger partial charge < -0.3 is 10.5 Å². The second kappa shape index (κ2) is 5.49. The van der Waals surface area contributed by atoms with Gasteiger partial charge in [-0.15, -0.1) is 0 Å². The Morgan fingerprint density at radius 3 is 2.68 bits per heavy atom. The second-order valence-corrected chi connectivity index (χ2v) is 6.75. The molecule has 1 saturated carbocycles. The SMILES string of the molecule is Cc1nc(OC2CC(C)CC(C)(C)C2)ccc1CN. The summed E-state index contributed by atoms with van der Waals surface area (Å²) in [7, 11) is 0. The van der Waals surface area contributed by atoms with Crippen LogP contribution >= 0.6 is 0 Å². The summed E-state index contributed by atoms with van der Waals surface area (Å²) in [6.07, 6.45) is 3.81. The molecule has 2 atom stereocenters. The highest BCUT2D eigenvalue weighted by Crippen LogP contribution is 2.39. The van der Waals surface area contributed by atoms with Crippen molar-refractivity contribution in [3.8, 4) is 5.88 Å². The van der Waals surface area contributed by atoms with Crippen LogP contribution in [0.4, 0.5) is 0 Å². The maximum absolute atomic E-state index is 6.09. The minimum atomic E-state index is 0.286. The van der Waals surface area contributed by atoms with Crippen molar-refractivity contribution in [1.29, 1.82) is 0 Å². The highest BCUT2D eigenvalue weighted by atomic mass is 16.5. The van der Waals surface area contributed by atoms with Crippen LogP contribution in [-0.2, 0) is 6.54 Å². The molecule has 2 unspecified atom stereocenters. The normalized spacial score (nSPS) is 26.2. The van der Waals surface area contributed by atoms with Gasteiger partial charge in [0, 0.05) is 18.3 Å². The molecule has 0 amide bonds. The Morgan fingerprint density at radius 1 is 1.37 bits per heavy atom. The fourth-order valence-electron chi connectivity index (χ4n) is 3.37. The molecule has 0 bridgehead atoms. The first kappa shape index (κ1) is 14.3. The molecule has 0 radical (unpaired) electrons. The second-order valence-electron chi connectivity index (χ2n) is 6.75. The summed E-state index contributed by atoms with van der Waals surface area (Å²) in [5.41, 5.74) is 8.09. The number of pyridine rings is 1. The van der Waals surface area contributed by atoms with Crippen molar-refractivity contribution in [3.05, 3.63) is 23.4 Å². The molecule has 0 saturated heterocycles. The molecule has 1 aliphatic carbocycles.